The molecule has 1 fully saturated rings. The quantitative estimate of drug-likeness (QED) is 0.906. The van der Waals surface area contributed by atoms with E-state index < -0.39 is 17.5 Å². The summed E-state index contributed by atoms with van der Waals surface area (Å²) in [6.07, 6.45) is 0.732. The molecule has 1 heterocycles. The van der Waals surface area contributed by atoms with Crippen LogP contribution in [0.15, 0.2) is 22.7 Å². The Morgan fingerprint density at radius 2 is 2.31 bits per heavy atom. The molecule has 88 valence electrons. The van der Waals surface area contributed by atoms with Gasteiger partial charge in [0, 0.05) is 12.2 Å². The van der Waals surface area contributed by atoms with E-state index in [1.165, 1.54) is 0 Å². The second-order valence-corrected chi connectivity index (χ2v) is 5.16. The molecule has 0 spiro atoms. The number of halogens is 2. The summed E-state index contributed by atoms with van der Waals surface area (Å²) in [5.74, 6) is -0.410. The fourth-order valence-corrected chi connectivity index (χ4v) is 2.46. The van der Waals surface area contributed by atoms with Crippen LogP contribution in [0.1, 0.15) is 31.4 Å². The maximum Gasteiger partial charge on any atom is 0.143 e. The van der Waals surface area contributed by atoms with E-state index in [0.717, 1.165) is 12.8 Å². The molecule has 1 aliphatic rings. The van der Waals surface area contributed by atoms with Crippen molar-refractivity contribution in [3.8, 4) is 0 Å². The van der Waals surface area contributed by atoms with Gasteiger partial charge in [-0.25, -0.2) is 4.39 Å². The van der Waals surface area contributed by atoms with Gasteiger partial charge in [-0.05, 0) is 41.8 Å². The Labute approximate surface area is 103 Å². The Balaban J connectivity index is 2.33. The van der Waals surface area contributed by atoms with Gasteiger partial charge in [-0.15, -0.1) is 0 Å². The highest BCUT2D eigenvalue weighted by atomic mass is 79.9. The lowest BCUT2D eigenvalue weighted by atomic mass is 9.90. The van der Waals surface area contributed by atoms with Gasteiger partial charge in [0.2, 0.25) is 0 Å². The van der Waals surface area contributed by atoms with Crippen molar-refractivity contribution in [3.05, 3.63) is 34.1 Å². The van der Waals surface area contributed by atoms with Crippen molar-refractivity contribution in [2.75, 3.05) is 6.61 Å². The maximum absolute atomic E-state index is 13.8. The Bertz CT molecular complexity index is 389. The molecule has 2 nitrogen and oxygen atoms in total. The first-order valence-electron chi connectivity index (χ1n) is 5.30. The van der Waals surface area contributed by atoms with Crippen molar-refractivity contribution in [1.82, 2.24) is 0 Å². The van der Waals surface area contributed by atoms with Gasteiger partial charge in [0.15, 0.2) is 0 Å². The molecule has 1 saturated heterocycles. The van der Waals surface area contributed by atoms with Crippen molar-refractivity contribution < 1.29 is 14.2 Å². The van der Waals surface area contributed by atoms with E-state index in [-0.39, 0.29) is 0 Å². The van der Waals surface area contributed by atoms with Gasteiger partial charge in [-0.1, -0.05) is 12.1 Å². The average Bonchev–Trinajstić information content (AvgIpc) is 2.70. The van der Waals surface area contributed by atoms with Crippen molar-refractivity contribution in [2.24, 2.45) is 0 Å². The zero-order chi connectivity index (χ0) is 11.8. The molecule has 1 aromatic carbocycles. The second-order valence-electron chi connectivity index (χ2n) is 4.31. The first-order chi connectivity index (χ1) is 7.54. The van der Waals surface area contributed by atoms with Gasteiger partial charge >= 0.3 is 0 Å². The van der Waals surface area contributed by atoms with Crippen LogP contribution < -0.4 is 0 Å². The molecule has 2 rings (SSSR count). The molecule has 16 heavy (non-hydrogen) atoms. The topological polar surface area (TPSA) is 29.5 Å². The highest BCUT2D eigenvalue weighted by Crippen LogP contribution is 2.39. The first-order valence-corrected chi connectivity index (χ1v) is 6.10. The van der Waals surface area contributed by atoms with E-state index in [4.69, 9.17) is 4.74 Å². The zero-order valence-electron chi connectivity index (χ0n) is 9.04. The molecule has 0 radical (unpaired) electrons. The van der Waals surface area contributed by atoms with Crippen LogP contribution in [-0.4, -0.2) is 17.3 Å². The third-order valence-corrected chi connectivity index (χ3v) is 3.72. The number of ether oxygens (including phenoxy) is 1. The van der Waals surface area contributed by atoms with E-state index in [9.17, 15) is 9.50 Å². The molecular weight excluding hydrogens is 275 g/mol. The number of benzene rings is 1. The van der Waals surface area contributed by atoms with E-state index in [2.05, 4.69) is 15.9 Å². The fraction of sp³-hybridized carbons (Fsp3) is 0.500. The first kappa shape index (κ1) is 12.0. The highest BCUT2D eigenvalue weighted by molar-refractivity contribution is 9.10. The lowest BCUT2D eigenvalue weighted by Crippen LogP contribution is -2.32. The van der Waals surface area contributed by atoms with Crippen molar-refractivity contribution in [1.29, 1.82) is 0 Å². The highest BCUT2D eigenvalue weighted by Gasteiger charge is 2.39. The predicted octanol–water partition coefficient (Wildman–Crippen LogP) is 3.19. The zero-order valence-corrected chi connectivity index (χ0v) is 10.6. The molecule has 2 atom stereocenters. The lowest BCUT2D eigenvalue weighted by Gasteiger charge is -2.29. The molecule has 0 bridgehead atoms. The number of aliphatic hydroxyl groups excluding tert-OH is 1. The average molecular weight is 289 g/mol. The van der Waals surface area contributed by atoms with E-state index >= 15 is 0 Å². The van der Waals surface area contributed by atoms with Crippen LogP contribution in [0.5, 0.6) is 0 Å². The minimum Gasteiger partial charge on any atom is -0.385 e. The van der Waals surface area contributed by atoms with Crippen LogP contribution in [0, 0.1) is 5.82 Å². The summed E-state index contributed by atoms with van der Waals surface area (Å²) in [4.78, 5) is 0. The van der Waals surface area contributed by atoms with E-state index in [1.54, 1.807) is 18.2 Å². The number of rotatable bonds is 2. The Hall–Kier alpha value is -0.450. The third-order valence-electron chi connectivity index (χ3n) is 3.10. The number of aliphatic hydroxyl groups is 1. The monoisotopic (exact) mass is 288 g/mol. The van der Waals surface area contributed by atoms with Crippen LogP contribution in [0.25, 0.3) is 0 Å². The van der Waals surface area contributed by atoms with Gasteiger partial charge in [0.1, 0.15) is 11.9 Å². The summed E-state index contributed by atoms with van der Waals surface area (Å²) in [6.45, 7) is 2.45. The van der Waals surface area contributed by atoms with Gasteiger partial charge in [-0.3, -0.25) is 0 Å². The predicted molar refractivity (Wildman–Crippen MR) is 62.7 cm³/mol. The molecule has 0 aliphatic carbocycles. The van der Waals surface area contributed by atoms with Crippen LogP contribution in [0.2, 0.25) is 0 Å². The standard InChI is InChI=1S/C12H14BrFO2/c1-12(6-3-7-16-12)11(15)8-4-2-5-9(13)10(8)14/h2,4-5,11,15H,3,6-7H2,1H3. The summed E-state index contributed by atoms with van der Waals surface area (Å²) < 4.78 is 19.7. The van der Waals surface area contributed by atoms with Gasteiger partial charge in [-0.2, -0.15) is 0 Å². The van der Waals surface area contributed by atoms with Crippen LogP contribution >= 0.6 is 15.9 Å². The Morgan fingerprint density at radius 1 is 1.56 bits per heavy atom. The summed E-state index contributed by atoms with van der Waals surface area (Å²) in [6, 6.07) is 4.92. The molecule has 1 N–H and O–H groups in total. The lowest BCUT2D eigenvalue weighted by molar-refractivity contribution is -0.0809. The molecule has 0 amide bonds. The van der Waals surface area contributed by atoms with E-state index in [1.807, 2.05) is 6.92 Å². The minimum atomic E-state index is -0.924. The molecule has 0 saturated carbocycles. The van der Waals surface area contributed by atoms with Crippen LogP contribution in [0.3, 0.4) is 0 Å². The normalized spacial score (nSPS) is 27.0. The van der Waals surface area contributed by atoms with Gasteiger partial charge < -0.3 is 9.84 Å². The fourth-order valence-electron chi connectivity index (χ4n) is 2.08. The van der Waals surface area contributed by atoms with Gasteiger partial charge in [0.25, 0.3) is 0 Å². The molecular formula is C12H14BrFO2. The van der Waals surface area contributed by atoms with Crippen LogP contribution in [0.4, 0.5) is 4.39 Å². The third kappa shape index (κ3) is 2.01. The Kier molecular flexibility index (Phi) is 3.33. The second kappa shape index (κ2) is 4.43. The molecule has 0 aromatic heterocycles. The smallest absolute Gasteiger partial charge is 0.143 e. The largest absolute Gasteiger partial charge is 0.385 e. The molecule has 4 heteroatoms. The maximum atomic E-state index is 13.8. The molecule has 2 unspecified atom stereocenters. The summed E-state index contributed by atoms with van der Waals surface area (Å²) in [5, 5.41) is 10.2. The molecule has 1 aromatic rings. The van der Waals surface area contributed by atoms with Gasteiger partial charge in [0.05, 0.1) is 10.1 Å². The summed E-state index contributed by atoms with van der Waals surface area (Å²) >= 11 is 3.11. The summed E-state index contributed by atoms with van der Waals surface area (Å²) in [5.41, 5.74) is -0.375. The minimum absolute atomic E-state index is 0.291. The van der Waals surface area contributed by atoms with Crippen molar-refractivity contribution in [3.63, 3.8) is 0 Å². The SMILES string of the molecule is CC1(C(O)c2cccc(Br)c2F)CCCO1. The van der Waals surface area contributed by atoms with E-state index in [0.29, 0.717) is 16.6 Å². The Morgan fingerprint density at radius 3 is 2.94 bits per heavy atom. The van der Waals surface area contributed by atoms with Crippen molar-refractivity contribution >= 4 is 15.9 Å². The number of hydrogen-bond acceptors (Lipinski definition) is 2. The van der Waals surface area contributed by atoms with Crippen molar-refractivity contribution in [2.45, 2.75) is 31.5 Å². The molecule has 1 aliphatic heterocycles. The summed E-state index contributed by atoms with van der Waals surface area (Å²) in [7, 11) is 0. The number of hydrogen-bond donors (Lipinski definition) is 1. The van der Waals surface area contributed by atoms with Crippen LogP contribution in [-0.2, 0) is 4.74 Å².